The highest BCUT2D eigenvalue weighted by molar-refractivity contribution is 6.07. The fraction of sp³-hybridized carbons (Fsp3) is 0.158. The number of hydrogen-bond acceptors (Lipinski definition) is 4. The van der Waals surface area contributed by atoms with Crippen molar-refractivity contribution in [2.24, 2.45) is 0 Å². The van der Waals surface area contributed by atoms with Crippen LogP contribution in [0.15, 0.2) is 54.6 Å². The van der Waals surface area contributed by atoms with E-state index in [9.17, 15) is 9.59 Å². The molecule has 0 radical (unpaired) electrons. The molecule has 0 atom stereocenters. The van der Waals surface area contributed by atoms with Gasteiger partial charge in [0.25, 0.3) is 0 Å². The Labute approximate surface area is 140 Å². The molecule has 0 N–H and O–H groups in total. The van der Waals surface area contributed by atoms with Crippen molar-refractivity contribution < 1.29 is 19.1 Å². The molecule has 24 heavy (non-hydrogen) atoms. The number of nitrogens with zero attached hydrogens (tertiary/aromatic N) is 1. The molecule has 1 saturated heterocycles. The van der Waals surface area contributed by atoms with Gasteiger partial charge < -0.3 is 9.47 Å². The average molecular weight is 323 g/mol. The first kappa shape index (κ1) is 15.8. The van der Waals surface area contributed by atoms with Gasteiger partial charge in [-0.1, -0.05) is 30.3 Å². The highest BCUT2D eigenvalue weighted by atomic mass is 16.6. The molecule has 5 heteroatoms. The number of ether oxygens (including phenoxy) is 2. The van der Waals surface area contributed by atoms with Crippen molar-refractivity contribution in [1.29, 1.82) is 0 Å². The summed E-state index contributed by atoms with van der Waals surface area (Å²) in [5, 5.41) is 0. The van der Waals surface area contributed by atoms with Crippen molar-refractivity contribution in [2.75, 3.05) is 25.2 Å². The molecule has 5 nitrogen and oxygen atoms in total. The smallest absolute Gasteiger partial charge is 0.414 e. The van der Waals surface area contributed by atoms with Gasteiger partial charge in [-0.3, -0.25) is 9.69 Å². The Kier molecular flexibility index (Phi) is 4.61. The molecule has 2 aromatic carbocycles. The van der Waals surface area contributed by atoms with E-state index < -0.39 is 0 Å². The molecular weight excluding hydrogens is 306 g/mol. The molecule has 2 aromatic rings. The molecule has 0 spiro atoms. The Morgan fingerprint density at radius 2 is 2.04 bits per heavy atom. The lowest BCUT2D eigenvalue weighted by Gasteiger charge is -2.13. The van der Waals surface area contributed by atoms with Crippen molar-refractivity contribution in [3.63, 3.8) is 0 Å². The van der Waals surface area contributed by atoms with E-state index in [0.29, 0.717) is 24.4 Å². The Morgan fingerprint density at radius 3 is 2.79 bits per heavy atom. The van der Waals surface area contributed by atoms with Gasteiger partial charge in [0.05, 0.1) is 13.7 Å². The molecule has 1 amide bonds. The molecule has 0 aliphatic carbocycles. The molecule has 0 saturated carbocycles. The molecule has 3 rings (SSSR count). The molecule has 1 aliphatic rings. The van der Waals surface area contributed by atoms with E-state index in [1.165, 1.54) is 11.0 Å². The van der Waals surface area contributed by atoms with Gasteiger partial charge in [-0.25, -0.2) is 4.79 Å². The number of allylic oxidation sites excluding steroid dienone is 1. The summed E-state index contributed by atoms with van der Waals surface area (Å²) in [6, 6.07) is 14.4. The van der Waals surface area contributed by atoms with Crippen LogP contribution in [-0.2, 0) is 4.74 Å². The summed E-state index contributed by atoms with van der Waals surface area (Å²) in [6.45, 7) is 0.864. The van der Waals surface area contributed by atoms with Crippen LogP contribution in [-0.4, -0.2) is 32.1 Å². The standard InChI is InChI=1S/C19H17NO4/c1-23-17-7-2-4-14(12-17)8-9-18(21)15-5-3-6-16(13-15)20-10-11-24-19(20)22/h2-9,12-13H,10-11H2,1H3. The van der Waals surface area contributed by atoms with Gasteiger partial charge in [-0.05, 0) is 35.9 Å². The van der Waals surface area contributed by atoms with Crippen LogP contribution in [0.1, 0.15) is 15.9 Å². The van der Waals surface area contributed by atoms with Crippen molar-refractivity contribution in [2.45, 2.75) is 0 Å². The Balaban J connectivity index is 1.77. The molecule has 1 fully saturated rings. The number of hydrogen-bond donors (Lipinski definition) is 0. The SMILES string of the molecule is COc1cccc(C=CC(=O)c2cccc(N3CCOC3=O)c2)c1. The van der Waals surface area contributed by atoms with E-state index in [1.807, 2.05) is 24.3 Å². The number of ketones is 1. The van der Waals surface area contributed by atoms with Crippen LogP contribution >= 0.6 is 0 Å². The third kappa shape index (κ3) is 3.46. The van der Waals surface area contributed by atoms with Gasteiger partial charge in [-0.15, -0.1) is 0 Å². The van der Waals surface area contributed by atoms with Crippen LogP contribution in [0.25, 0.3) is 6.08 Å². The summed E-state index contributed by atoms with van der Waals surface area (Å²) in [5.74, 6) is 0.603. The van der Waals surface area contributed by atoms with Crippen LogP contribution < -0.4 is 9.64 Å². The van der Waals surface area contributed by atoms with Crippen molar-refractivity contribution >= 4 is 23.6 Å². The lowest BCUT2D eigenvalue weighted by molar-refractivity contribution is 0.104. The van der Waals surface area contributed by atoms with Crippen LogP contribution in [0.3, 0.4) is 0 Å². The molecule has 1 heterocycles. The quantitative estimate of drug-likeness (QED) is 0.624. The van der Waals surface area contributed by atoms with Crippen molar-refractivity contribution in [3.05, 3.63) is 65.7 Å². The zero-order chi connectivity index (χ0) is 16.9. The molecule has 122 valence electrons. The Hall–Kier alpha value is -3.08. The average Bonchev–Trinajstić information content (AvgIpc) is 3.06. The van der Waals surface area contributed by atoms with E-state index in [-0.39, 0.29) is 11.9 Å². The first-order chi connectivity index (χ1) is 11.7. The summed E-state index contributed by atoms with van der Waals surface area (Å²) < 4.78 is 10.1. The second kappa shape index (κ2) is 7.00. The van der Waals surface area contributed by atoms with Crippen molar-refractivity contribution in [3.8, 4) is 5.75 Å². The van der Waals surface area contributed by atoms with Gasteiger partial charge >= 0.3 is 6.09 Å². The van der Waals surface area contributed by atoms with Gasteiger partial charge in [0.2, 0.25) is 0 Å². The maximum Gasteiger partial charge on any atom is 0.414 e. The molecule has 0 bridgehead atoms. The summed E-state index contributed by atoms with van der Waals surface area (Å²) in [4.78, 5) is 25.5. The summed E-state index contributed by atoms with van der Waals surface area (Å²) in [6.07, 6.45) is 2.87. The third-order valence-electron chi connectivity index (χ3n) is 3.72. The maximum absolute atomic E-state index is 12.4. The zero-order valence-electron chi connectivity index (χ0n) is 13.3. The minimum Gasteiger partial charge on any atom is -0.497 e. The van der Waals surface area contributed by atoms with Gasteiger partial charge in [0.15, 0.2) is 5.78 Å². The van der Waals surface area contributed by atoms with Crippen LogP contribution in [0.2, 0.25) is 0 Å². The molecule has 0 unspecified atom stereocenters. The molecular formula is C19H17NO4. The van der Waals surface area contributed by atoms with Crippen molar-refractivity contribution in [1.82, 2.24) is 0 Å². The van der Waals surface area contributed by atoms with Crippen LogP contribution in [0.5, 0.6) is 5.75 Å². The first-order valence-corrected chi connectivity index (χ1v) is 7.58. The monoisotopic (exact) mass is 323 g/mol. The van der Waals surface area contributed by atoms with E-state index in [0.717, 1.165) is 11.3 Å². The third-order valence-corrected chi connectivity index (χ3v) is 3.72. The van der Waals surface area contributed by atoms with E-state index in [1.54, 1.807) is 37.5 Å². The number of cyclic esters (lactones) is 1. The van der Waals surface area contributed by atoms with E-state index >= 15 is 0 Å². The van der Waals surface area contributed by atoms with Gasteiger partial charge in [-0.2, -0.15) is 0 Å². The Bertz CT molecular complexity index is 797. The van der Waals surface area contributed by atoms with Gasteiger partial charge in [0, 0.05) is 11.3 Å². The maximum atomic E-state index is 12.4. The minimum absolute atomic E-state index is 0.132. The Morgan fingerprint density at radius 1 is 1.21 bits per heavy atom. The molecule has 0 aromatic heterocycles. The number of rotatable bonds is 5. The minimum atomic E-state index is -0.383. The largest absolute Gasteiger partial charge is 0.497 e. The topological polar surface area (TPSA) is 55.8 Å². The lowest BCUT2D eigenvalue weighted by atomic mass is 10.1. The van der Waals surface area contributed by atoms with Crippen LogP contribution in [0.4, 0.5) is 10.5 Å². The lowest BCUT2D eigenvalue weighted by Crippen LogP contribution is -2.23. The van der Waals surface area contributed by atoms with E-state index in [2.05, 4.69) is 0 Å². The van der Waals surface area contributed by atoms with Crippen LogP contribution in [0, 0.1) is 0 Å². The zero-order valence-corrected chi connectivity index (χ0v) is 13.3. The second-order valence-electron chi connectivity index (χ2n) is 5.29. The summed E-state index contributed by atoms with van der Waals surface area (Å²) in [7, 11) is 1.60. The number of carbonyl (C=O) groups excluding carboxylic acids is 2. The number of amides is 1. The van der Waals surface area contributed by atoms with Gasteiger partial charge in [0.1, 0.15) is 12.4 Å². The second-order valence-corrected chi connectivity index (χ2v) is 5.29. The first-order valence-electron chi connectivity index (χ1n) is 7.58. The summed E-state index contributed by atoms with van der Waals surface area (Å²) >= 11 is 0. The fourth-order valence-electron chi connectivity index (χ4n) is 2.47. The normalized spacial score (nSPS) is 14.0. The number of benzene rings is 2. The predicted octanol–water partition coefficient (Wildman–Crippen LogP) is 3.55. The fourth-order valence-corrected chi connectivity index (χ4v) is 2.47. The van der Waals surface area contributed by atoms with E-state index in [4.69, 9.17) is 9.47 Å². The highest BCUT2D eigenvalue weighted by Gasteiger charge is 2.23. The highest BCUT2D eigenvalue weighted by Crippen LogP contribution is 2.21. The molecule has 1 aliphatic heterocycles. The number of anilines is 1. The number of methoxy groups -OCH3 is 1. The number of carbonyl (C=O) groups is 2. The summed E-state index contributed by atoms with van der Waals surface area (Å²) in [5.41, 5.74) is 2.06. The predicted molar refractivity (Wildman–Crippen MR) is 91.5 cm³/mol.